The number of hydrogen-bond donors (Lipinski definition) is 1. The van der Waals surface area contributed by atoms with Crippen molar-refractivity contribution >= 4 is 0 Å². The highest BCUT2D eigenvalue weighted by molar-refractivity contribution is 4.95. The Hall–Kier alpha value is -0.0800. The first-order valence-electron chi connectivity index (χ1n) is 4.50. The van der Waals surface area contributed by atoms with Gasteiger partial charge in [-0.05, 0) is 26.2 Å². The summed E-state index contributed by atoms with van der Waals surface area (Å²) in [7, 11) is 0. The molecule has 2 nitrogen and oxygen atoms in total. The Morgan fingerprint density at radius 2 is 2.18 bits per heavy atom. The van der Waals surface area contributed by atoms with E-state index in [1.165, 1.54) is 19.3 Å². The molecule has 0 bridgehead atoms. The SMILES string of the molecule is CCCC1(OCC(C)O)CC1. The Bertz CT molecular complexity index is 117. The molecule has 2 heteroatoms. The van der Waals surface area contributed by atoms with E-state index in [-0.39, 0.29) is 11.7 Å². The van der Waals surface area contributed by atoms with Crippen LogP contribution in [0, 0.1) is 0 Å². The molecule has 11 heavy (non-hydrogen) atoms. The van der Waals surface area contributed by atoms with Crippen LogP contribution in [-0.4, -0.2) is 23.4 Å². The fourth-order valence-corrected chi connectivity index (χ4v) is 1.36. The average Bonchev–Trinajstić information content (AvgIpc) is 2.67. The second-order valence-electron chi connectivity index (χ2n) is 3.59. The van der Waals surface area contributed by atoms with Crippen LogP contribution in [0.4, 0.5) is 0 Å². The molecule has 0 saturated heterocycles. The summed E-state index contributed by atoms with van der Waals surface area (Å²) in [6, 6.07) is 0. The summed E-state index contributed by atoms with van der Waals surface area (Å²) in [6.45, 7) is 4.44. The van der Waals surface area contributed by atoms with E-state index >= 15 is 0 Å². The van der Waals surface area contributed by atoms with Crippen LogP contribution in [0.1, 0.15) is 39.5 Å². The van der Waals surface area contributed by atoms with E-state index in [4.69, 9.17) is 9.84 Å². The molecule has 1 aliphatic carbocycles. The van der Waals surface area contributed by atoms with E-state index in [1.807, 2.05) is 0 Å². The maximum atomic E-state index is 8.99. The standard InChI is InChI=1S/C9H18O2/c1-3-4-9(5-6-9)11-7-8(2)10/h8,10H,3-7H2,1-2H3. The van der Waals surface area contributed by atoms with Crippen molar-refractivity contribution in [2.45, 2.75) is 51.2 Å². The fraction of sp³-hybridized carbons (Fsp3) is 1.00. The van der Waals surface area contributed by atoms with Gasteiger partial charge in [0.1, 0.15) is 0 Å². The summed E-state index contributed by atoms with van der Waals surface area (Å²) in [6.07, 6.45) is 4.39. The lowest BCUT2D eigenvalue weighted by atomic mass is 10.2. The molecule has 0 aromatic carbocycles. The van der Waals surface area contributed by atoms with Gasteiger partial charge < -0.3 is 9.84 Å². The van der Waals surface area contributed by atoms with Crippen molar-refractivity contribution in [1.29, 1.82) is 0 Å². The molecule has 1 atom stereocenters. The van der Waals surface area contributed by atoms with Gasteiger partial charge in [0.15, 0.2) is 0 Å². The first-order chi connectivity index (χ1) is 5.18. The molecular weight excluding hydrogens is 140 g/mol. The van der Waals surface area contributed by atoms with Gasteiger partial charge >= 0.3 is 0 Å². The first kappa shape index (κ1) is 9.01. The molecule has 1 fully saturated rings. The molecule has 0 amide bonds. The molecule has 0 aromatic heterocycles. The highest BCUT2D eigenvalue weighted by Crippen LogP contribution is 2.43. The van der Waals surface area contributed by atoms with Crippen molar-refractivity contribution in [3.05, 3.63) is 0 Å². The molecule has 1 aliphatic rings. The lowest BCUT2D eigenvalue weighted by molar-refractivity contribution is -0.0218. The van der Waals surface area contributed by atoms with Crippen LogP contribution < -0.4 is 0 Å². The number of aliphatic hydroxyl groups is 1. The fourth-order valence-electron chi connectivity index (χ4n) is 1.36. The van der Waals surface area contributed by atoms with Gasteiger partial charge in [0.2, 0.25) is 0 Å². The molecule has 1 unspecified atom stereocenters. The van der Waals surface area contributed by atoms with Crippen molar-refractivity contribution in [2.75, 3.05) is 6.61 Å². The molecule has 66 valence electrons. The Labute approximate surface area is 68.6 Å². The maximum Gasteiger partial charge on any atom is 0.0745 e. The zero-order valence-electron chi connectivity index (χ0n) is 7.47. The lowest BCUT2D eigenvalue weighted by Crippen LogP contribution is -2.20. The molecule has 1 saturated carbocycles. The predicted octanol–water partition coefficient (Wildman–Crippen LogP) is 1.72. The second-order valence-corrected chi connectivity index (χ2v) is 3.59. The van der Waals surface area contributed by atoms with Crippen LogP contribution in [0.5, 0.6) is 0 Å². The molecule has 0 heterocycles. The minimum atomic E-state index is -0.315. The first-order valence-corrected chi connectivity index (χ1v) is 4.50. The summed E-state index contributed by atoms with van der Waals surface area (Å²) >= 11 is 0. The lowest BCUT2D eigenvalue weighted by Gasteiger charge is -2.16. The number of rotatable bonds is 5. The van der Waals surface area contributed by atoms with Crippen LogP contribution in [0.2, 0.25) is 0 Å². The van der Waals surface area contributed by atoms with Gasteiger partial charge in [-0.3, -0.25) is 0 Å². The van der Waals surface area contributed by atoms with Gasteiger partial charge in [0.25, 0.3) is 0 Å². The normalized spacial score (nSPS) is 23.2. The van der Waals surface area contributed by atoms with E-state index in [2.05, 4.69) is 6.92 Å². The van der Waals surface area contributed by atoms with Crippen LogP contribution in [0.25, 0.3) is 0 Å². The van der Waals surface area contributed by atoms with Crippen molar-refractivity contribution in [3.63, 3.8) is 0 Å². The third-order valence-electron chi connectivity index (χ3n) is 2.14. The molecule has 0 aliphatic heterocycles. The summed E-state index contributed by atoms with van der Waals surface area (Å²) in [5, 5.41) is 8.99. The van der Waals surface area contributed by atoms with Gasteiger partial charge in [0, 0.05) is 0 Å². The topological polar surface area (TPSA) is 29.5 Å². The Kier molecular flexibility index (Phi) is 2.90. The average molecular weight is 158 g/mol. The van der Waals surface area contributed by atoms with Crippen LogP contribution in [0.15, 0.2) is 0 Å². The minimum absolute atomic E-state index is 0.172. The maximum absolute atomic E-state index is 8.99. The van der Waals surface area contributed by atoms with Gasteiger partial charge in [-0.15, -0.1) is 0 Å². The van der Waals surface area contributed by atoms with Crippen LogP contribution >= 0.6 is 0 Å². The smallest absolute Gasteiger partial charge is 0.0745 e. The number of ether oxygens (including phenoxy) is 1. The van der Waals surface area contributed by atoms with Crippen LogP contribution in [0.3, 0.4) is 0 Å². The van der Waals surface area contributed by atoms with Crippen molar-refractivity contribution in [2.24, 2.45) is 0 Å². The summed E-state index contributed by atoms with van der Waals surface area (Å²) in [5.74, 6) is 0. The van der Waals surface area contributed by atoms with E-state index in [1.54, 1.807) is 6.92 Å². The van der Waals surface area contributed by atoms with Crippen molar-refractivity contribution < 1.29 is 9.84 Å². The summed E-state index contributed by atoms with van der Waals surface area (Å²) in [5.41, 5.74) is 0.172. The van der Waals surface area contributed by atoms with Gasteiger partial charge in [-0.25, -0.2) is 0 Å². The van der Waals surface area contributed by atoms with Gasteiger partial charge in [-0.2, -0.15) is 0 Å². The number of hydrogen-bond acceptors (Lipinski definition) is 2. The third kappa shape index (κ3) is 2.80. The van der Waals surface area contributed by atoms with E-state index in [9.17, 15) is 0 Å². The van der Waals surface area contributed by atoms with Gasteiger partial charge in [0.05, 0.1) is 18.3 Å². The van der Waals surface area contributed by atoms with E-state index in [0.29, 0.717) is 6.61 Å². The van der Waals surface area contributed by atoms with Crippen molar-refractivity contribution in [1.82, 2.24) is 0 Å². The summed E-state index contributed by atoms with van der Waals surface area (Å²) in [4.78, 5) is 0. The number of aliphatic hydroxyl groups excluding tert-OH is 1. The molecule has 1 rings (SSSR count). The minimum Gasteiger partial charge on any atom is -0.391 e. The van der Waals surface area contributed by atoms with E-state index < -0.39 is 0 Å². The highest BCUT2D eigenvalue weighted by atomic mass is 16.5. The molecule has 0 aromatic rings. The Morgan fingerprint density at radius 3 is 2.55 bits per heavy atom. The zero-order valence-corrected chi connectivity index (χ0v) is 7.47. The zero-order chi connectivity index (χ0) is 8.32. The second kappa shape index (κ2) is 3.55. The summed E-state index contributed by atoms with van der Waals surface area (Å²) < 4.78 is 5.59. The monoisotopic (exact) mass is 158 g/mol. The quantitative estimate of drug-likeness (QED) is 0.660. The van der Waals surface area contributed by atoms with Gasteiger partial charge in [-0.1, -0.05) is 13.3 Å². The largest absolute Gasteiger partial charge is 0.391 e. The highest BCUT2D eigenvalue weighted by Gasteiger charge is 2.42. The third-order valence-corrected chi connectivity index (χ3v) is 2.14. The molecule has 0 radical (unpaired) electrons. The molecular formula is C9H18O2. The van der Waals surface area contributed by atoms with Crippen LogP contribution in [-0.2, 0) is 4.74 Å². The van der Waals surface area contributed by atoms with E-state index in [0.717, 1.165) is 6.42 Å². The Balaban J connectivity index is 2.14. The predicted molar refractivity (Wildman–Crippen MR) is 44.5 cm³/mol. The Morgan fingerprint density at radius 1 is 1.55 bits per heavy atom. The van der Waals surface area contributed by atoms with Crippen molar-refractivity contribution in [3.8, 4) is 0 Å². The molecule has 0 spiro atoms. The molecule has 1 N–H and O–H groups in total.